The number of rotatable bonds is 8. The summed E-state index contributed by atoms with van der Waals surface area (Å²) in [5.41, 5.74) is 0. The van der Waals surface area contributed by atoms with Crippen LogP contribution in [0.5, 0.6) is 0 Å². The lowest BCUT2D eigenvalue weighted by Crippen LogP contribution is -2.50. The molecule has 2 N–H and O–H groups in total. The number of sulfone groups is 1. The highest BCUT2D eigenvalue weighted by atomic mass is 127. The summed E-state index contributed by atoms with van der Waals surface area (Å²) in [5, 5.41) is 6.07. The van der Waals surface area contributed by atoms with E-state index in [9.17, 15) is 13.2 Å². The number of likely N-dealkylation sites (tertiary alicyclic amines) is 1. The monoisotopic (exact) mass is 550 g/mol. The zero-order valence-corrected chi connectivity index (χ0v) is 21.3. The van der Waals surface area contributed by atoms with Crippen LogP contribution in [-0.2, 0) is 14.6 Å². The minimum Gasteiger partial charge on any atom is -0.359 e. The van der Waals surface area contributed by atoms with Crippen molar-refractivity contribution in [3.63, 3.8) is 0 Å². The Labute approximate surface area is 198 Å². The van der Waals surface area contributed by atoms with Gasteiger partial charge in [0, 0.05) is 39.1 Å². The van der Waals surface area contributed by atoms with E-state index in [1.54, 1.807) is 31.3 Å². The predicted molar refractivity (Wildman–Crippen MR) is 132 cm³/mol. The number of nitrogens with one attached hydrogen (secondary N) is 2. The Balaban J connectivity index is 0.00000450. The maximum atomic E-state index is 12.8. The maximum Gasteiger partial charge on any atom is 0.220 e. The number of carbonyl (C=O) groups excluding carboxylic acids is 1. The number of piperidine rings is 1. The van der Waals surface area contributed by atoms with Crippen molar-refractivity contribution in [1.29, 1.82) is 0 Å². The molecular weight excluding hydrogens is 515 g/mol. The summed E-state index contributed by atoms with van der Waals surface area (Å²) < 4.78 is 25.5. The quantitative estimate of drug-likeness (QED) is 0.295. The van der Waals surface area contributed by atoms with Gasteiger partial charge in [0.15, 0.2) is 15.8 Å². The molecule has 1 amide bonds. The molecule has 1 atom stereocenters. The molecule has 170 valence electrons. The standard InChI is InChI=1S/C21H34N4O3S.HI/c1-4-18(16-29(27,28)19-9-7-6-8-10-19)24-21(23-5-2)25-13-11-17(12-14-25)15-20(26)22-3;/h6-10,17-18H,4-5,11-16H2,1-3H3,(H,22,26)(H,23,24);1H. The van der Waals surface area contributed by atoms with Crippen molar-refractivity contribution in [3.8, 4) is 0 Å². The molecule has 1 fully saturated rings. The van der Waals surface area contributed by atoms with Gasteiger partial charge in [-0.15, -0.1) is 24.0 Å². The Kier molecular flexibility index (Phi) is 11.7. The molecule has 1 aromatic rings. The smallest absolute Gasteiger partial charge is 0.220 e. The highest BCUT2D eigenvalue weighted by Crippen LogP contribution is 2.21. The Morgan fingerprint density at radius 1 is 1.20 bits per heavy atom. The largest absolute Gasteiger partial charge is 0.359 e. The lowest BCUT2D eigenvalue weighted by atomic mass is 9.93. The van der Waals surface area contributed by atoms with E-state index in [1.807, 2.05) is 19.9 Å². The number of benzene rings is 1. The van der Waals surface area contributed by atoms with Gasteiger partial charge >= 0.3 is 0 Å². The molecular formula is C21H35IN4O3S. The number of nitrogens with zero attached hydrogens (tertiary/aromatic N) is 2. The van der Waals surface area contributed by atoms with Crippen LogP contribution in [0.1, 0.15) is 39.5 Å². The normalized spacial score (nSPS) is 16.5. The molecule has 7 nitrogen and oxygen atoms in total. The van der Waals surface area contributed by atoms with Crippen molar-refractivity contribution in [3.05, 3.63) is 30.3 Å². The van der Waals surface area contributed by atoms with E-state index in [4.69, 9.17) is 0 Å². The summed E-state index contributed by atoms with van der Waals surface area (Å²) >= 11 is 0. The fourth-order valence-corrected chi connectivity index (χ4v) is 5.15. The second-order valence-electron chi connectivity index (χ2n) is 7.45. The zero-order chi connectivity index (χ0) is 21.3. The summed E-state index contributed by atoms with van der Waals surface area (Å²) in [6, 6.07) is 8.37. The zero-order valence-electron chi connectivity index (χ0n) is 18.1. The second-order valence-corrected chi connectivity index (χ2v) is 9.48. The molecule has 1 aliphatic heterocycles. The van der Waals surface area contributed by atoms with Crippen LogP contribution in [0.2, 0.25) is 0 Å². The van der Waals surface area contributed by atoms with Crippen LogP contribution in [0.15, 0.2) is 40.2 Å². The maximum absolute atomic E-state index is 12.8. The molecule has 0 aromatic heterocycles. The van der Waals surface area contributed by atoms with E-state index in [1.165, 1.54) is 0 Å². The van der Waals surface area contributed by atoms with E-state index < -0.39 is 9.84 Å². The van der Waals surface area contributed by atoms with E-state index >= 15 is 0 Å². The molecule has 0 radical (unpaired) electrons. The molecule has 0 bridgehead atoms. The van der Waals surface area contributed by atoms with Crippen molar-refractivity contribution in [2.45, 2.75) is 50.5 Å². The SMILES string of the molecule is CCN=C(NC(CC)CS(=O)(=O)c1ccccc1)N1CCC(CC(=O)NC)CC1.I. The summed E-state index contributed by atoms with van der Waals surface area (Å²) in [4.78, 5) is 18.7. The van der Waals surface area contributed by atoms with E-state index in [0.29, 0.717) is 30.2 Å². The summed E-state index contributed by atoms with van der Waals surface area (Å²) in [7, 11) is -1.70. The van der Waals surface area contributed by atoms with Crippen molar-refractivity contribution >= 4 is 45.7 Å². The summed E-state index contributed by atoms with van der Waals surface area (Å²) in [6.45, 7) is 6.21. The first kappa shape index (κ1) is 26.7. The van der Waals surface area contributed by atoms with Gasteiger partial charge in [-0.05, 0) is 44.2 Å². The number of guanidine groups is 1. The molecule has 0 saturated carbocycles. The average Bonchev–Trinajstić information content (AvgIpc) is 2.73. The van der Waals surface area contributed by atoms with E-state index in [-0.39, 0.29) is 41.7 Å². The van der Waals surface area contributed by atoms with Crippen LogP contribution in [0.3, 0.4) is 0 Å². The van der Waals surface area contributed by atoms with Crippen LogP contribution in [0.25, 0.3) is 0 Å². The van der Waals surface area contributed by atoms with Crippen LogP contribution in [0.4, 0.5) is 0 Å². The third-order valence-electron chi connectivity index (χ3n) is 5.32. The molecule has 1 aliphatic rings. The van der Waals surface area contributed by atoms with Gasteiger partial charge in [0.05, 0.1) is 10.6 Å². The first-order valence-corrected chi connectivity index (χ1v) is 12.1. The molecule has 2 rings (SSSR count). The van der Waals surface area contributed by atoms with Crippen LogP contribution >= 0.6 is 24.0 Å². The number of halogens is 1. The van der Waals surface area contributed by atoms with Crippen molar-refractivity contribution in [2.75, 3.05) is 32.4 Å². The Hall–Kier alpha value is -1.36. The highest BCUT2D eigenvalue weighted by molar-refractivity contribution is 14.0. The minimum absolute atomic E-state index is 0. The van der Waals surface area contributed by atoms with Crippen molar-refractivity contribution in [1.82, 2.24) is 15.5 Å². The predicted octanol–water partition coefficient (Wildman–Crippen LogP) is 2.67. The molecule has 1 aromatic carbocycles. The number of hydrogen-bond acceptors (Lipinski definition) is 4. The number of aliphatic imine (C=N–C) groups is 1. The molecule has 1 heterocycles. The number of amides is 1. The highest BCUT2D eigenvalue weighted by Gasteiger charge is 2.26. The molecule has 30 heavy (non-hydrogen) atoms. The van der Waals surface area contributed by atoms with Gasteiger partial charge in [0.25, 0.3) is 0 Å². The third kappa shape index (κ3) is 8.05. The Bertz CT molecular complexity index is 779. The van der Waals surface area contributed by atoms with Gasteiger partial charge < -0.3 is 15.5 Å². The van der Waals surface area contributed by atoms with E-state index in [0.717, 1.165) is 31.9 Å². The molecule has 1 unspecified atom stereocenters. The summed E-state index contributed by atoms with van der Waals surface area (Å²) in [5.74, 6) is 1.26. The Morgan fingerprint density at radius 2 is 1.83 bits per heavy atom. The van der Waals surface area contributed by atoms with Crippen molar-refractivity contribution in [2.24, 2.45) is 10.9 Å². The van der Waals surface area contributed by atoms with Crippen LogP contribution in [-0.4, -0.2) is 63.7 Å². The van der Waals surface area contributed by atoms with Gasteiger partial charge in [0.2, 0.25) is 5.91 Å². The van der Waals surface area contributed by atoms with Crippen molar-refractivity contribution < 1.29 is 13.2 Å². The first-order valence-electron chi connectivity index (χ1n) is 10.4. The molecule has 9 heteroatoms. The van der Waals surface area contributed by atoms with Gasteiger partial charge in [-0.2, -0.15) is 0 Å². The molecule has 0 spiro atoms. The van der Waals surface area contributed by atoms with Gasteiger partial charge in [-0.1, -0.05) is 25.1 Å². The lowest BCUT2D eigenvalue weighted by Gasteiger charge is -2.35. The van der Waals surface area contributed by atoms with Gasteiger partial charge in [0.1, 0.15) is 0 Å². The fourth-order valence-electron chi connectivity index (χ4n) is 3.53. The van der Waals surface area contributed by atoms with Crippen LogP contribution in [0, 0.1) is 5.92 Å². The minimum atomic E-state index is -3.37. The number of hydrogen-bond donors (Lipinski definition) is 2. The average molecular weight is 551 g/mol. The number of carbonyl (C=O) groups is 1. The molecule has 1 saturated heterocycles. The second kappa shape index (κ2) is 13.1. The Morgan fingerprint density at radius 3 is 2.37 bits per heavy atom. The fraction of sp³-hybridized carbons (Fsp3) is 0.619. The summed E-state index contributed by atoms with van der Waals surface area (Å²) in [6.07, 6.45) is 3.10. The van der Waals surface area contributed by atoms with E-state index in [2.05, 4.69) is 20.5 Å². The topological polar surface area (TPSA) is 90.9 Å². The van der Waals surface area contributed by atoms with Gasteiger partial charge in [-0.25, -0.2) is 8.42 Å². The third-order valence-corrected chi connectivity index (χ3v) is 7.16. The first-order chi connectivity index (χ1) is 13.9. The molecule has 0 aliphatic carbocycles. The van der Waals surface area contributed by atoms with Gasteiger partial charge in [-0.3, -0.25) is 9.79 Å². The lowest BCUT2D eigenvalue weighted by molar-refractivity contribution is -0.121. The van der Waals surface area contributed by atoms with Crippen LogP contribution < -0.4 is 10.6 Å².